The van der Waals surface area contributed by atoms with Gasteiger partial charge >= 0.3 is 6.61 Å². The van der Waals surface area contributed by atoms with Crippen molar-refractivity contribution in [2.75, 3.05) is 14.2 Å². The zero-order valence-corrected chi connectivity index (χ0v) is 18.6. The Kier molecular flexibility index (Phi) is 5.79. The molecule has 164 valence electrons. The van der Waals surface area contributed by atoms with E-state index in [4.69, 9.17) is 9.72 Å². The molecule has 31 heavy (non-hydrogen) atoms. The summed E-state index contributed by atoms with van der Waals surface area (Å²) in [6, 6.07) is 4.65. The number of hydrogen-bond donors (Lipinski definition) is 0. The number of benzene rings is 1. The number of amides is 1. The number of ether oxygens (including phenoxy) is 2. The molecule has 0 radical (unpaired) electrons. The van der Waals surface area contributed by atoms with Gasteiger partial charge in [-0.1, -0.05) is 6.07 Å². The van der Waals surface area contributed by atoms with Gasteiger partial charge in [-0.05, 0) is 49.9 Å². The van der Waals surface area contributed by atoms with Crippen molar-refractivity contribution < 1.29 is 23.0 Å². The first kappa shape index (κ1) is 21.4. The van der Waals surface area contributed by atoms with Gasteiger partial charge in [0.25, 0.3) is 5.91 Å². The Balaban J connectivity index is 1.57. The molecule has 0 aliphatic heterocycles. The van der Waals surface area contributed by atoms with Crippen LogP contribution in [0.3, 0.4) is 0 Å². The lowest BCUT2D eigenvalue weighted by molar-refractivity contribution is -0.0512. The maximum Gasteiger partial charge on any atom is 0.387 e. The van der Waals surface area contributed by atoms with Crippen molar-refractivity contribution in [2.24, 2.45) is 0 Å². The lowest BCUT2D eigenvalue weighted by Crippen LogP contribution is -2.26. The van der Waals surface area contributed by atoms with Gasteiger partial charge in [0, 0.05) is 24.9 Å². The predicted octanol–water partition coefficient (Wildman–Crippen LogP) is 5.07. The normalized spacial score (nSPS) is 13.6. The van der Waals surface area contributed by atoms with E-state index in [2.05, 4.69) is 9.72 Å². The summed E-state index contributed by atoms with van der Waals surface area (Å²) in [7, 11) is 3.09. The third kappa shape index (κ3) is 4.32. The number of hydrogen-bond acceptors (Lipinski definition) is 6. The van der Waals surface area contributed by atoms with Crippen molar-refractivity contribution in [3.05, 3.63) is 45.7 Å². The van der Waals surface area contributed by atoms with Gasteiger partial charge in [-0.15, -0.1) is 11.3 Å². The van der Waals surface area contributed by atoms with Gasteiger partial charge in [0.15, 0.2) is 11.5 Å². The smallest absolute Gasteiger partial charge is 0.387 e. The van der Waals surface area contributed by atoms with Crippen molar-refractivity contribution in [3.63, 3.8) is 0 Å². The van der Waals surface area contributed by atoms with E-state index in [1.165, 1.54) is 24.5 Å². The molecule has 1 aliphatic rings. The van der Waals surface area contributed by atoms with Crippen LogP contribution in [0.2, 0.25) is 0 Å². The SMILES string of the molecule is COc1cc(CN(C)C(=O)c2sc3nc(C4CC4)nc(C)c3c2C)ccc1OC(F)F. The van der Waals surface area contributed by atoms with Crippen LogP contribution in [0, 0.1) is 13.8 Å². The summed E-state index contributed by atoms with van der Waals surface area (Å²) in [6.45, 7) is 1.23. The van der Waals surface area contributed by atoms with Crippen molar-refractivity contribution in [1.29, 1.82) is 0 Å². The minimum Gasteiger partial charge on any atom is -0.493 e. The van der Waals surface area contributed by atoms with Crippen molar-refractivity contribution in [1.82, 2.24) is 14.9 Å². The molecule has 1 fully saturated rings. The maximum atomic E-state index is 13.2. The third-order valence-electron chi connectivity index (χ3n) is 5.34. The molecule has 2 aromatic heterocycles. The number of nitrogens with zero attached hydrogens (tertiary/aromatic N) is 3. The molecule has 1 amide bonds. The number of aromatic nitrogens is 2. The lowest BCUT2D eigenvalue weighted by atomic mass is 10.1. The highest BCUT2D eigenvalue weighted by Crippen LogP contribution is 2.40. The molecule has 0 unspecified atom stereocenters. The van der Waals surface area contributed by atoms with E-state index in [1.54, 1.807) is 24.1 Å². The minimum absolute atomic E-state index is 0.0453. The molecule has 1 aromatic carbocycles. The highest BCUT2D eigenvalue weighted by Gasteiger charge is 2.29. The molecule has 0 atom stereocenters. The van der Waals surface area contributed by atoms with Crippen LogP contribution in [0.1, 0.15) is 51.1 Å². The Labute approximate surface area is 182 Å². The van der Waals surface area contributed by atoms with E-state index in [0.717, 1.165) is 45.7 Å². The molecule has 4 rings (SSSR count). The fourth-order valence-electron chi connectivity index (χ4n) is 3.61. The van der Waals surface area contributed by atoms with E-state index in [1.807, 2.05) is 13.8 Å². The molecule has 0 spiro atoms. The largest absolute Gasteiger partial charge is 0.493 e. The van der Waals surface area contributed by atoms with E-state index >= 15 is 0 Å². The highest BCUT2D eigenvalue weighted by molar-refractivity contribution is 7.20. The van der Waals surface area contributed by atoms with E-state index in [9.17, 15) is 13.6 Å². The van der Waals surface area contributed by atoms with Crippen LogP contribution >= 0.6 is 11.3 Å². The van der Waals surface area contributed by atoms with E-state index in [-0.39, 0.29) is 24.0 Å². The first-order valence-electron chi connectivity index (χ1n) is 9.93. The number of thiophene rings is 1. The molecular weight excluding hydrogens is 424 g/mol. The molecule has 6 nitrogen and oxygen atoms in total. The van der Waals surface area contributed by atoms with Gasteiger partial charge in [0.05, 0.1) is 17.7 Å². The second-order valence-corrected chi connectivity index (χ2v) is 8.70. The molecule has 3 aromatic rings. The average molecular weight is 448 g/mol. The van der Waals surface area contributed by atoms with Crippen LogP contribution < -0.4 is 9.47 Å². The Morgan fingerprint density at radius 3 is 2.65 bits per heavy atom. The monoisotopic (exact) mass is 447 g/mol. The van der Waals surface area contributed by atoms with Gasteiger partial charge in [-0.3, -0.25) is 4.79 Å². The summed E-state index contributed by atoms with van der Waals surface area (Å²) in [4.78, 5) is 25.6. The minimum atomic E-state index is -2.94. The van der Waals surface area contributed by atoms with Crippen LogP contribution in [0.4, 0.5) is 8.78 Å². The maximum absolute atomic E-state index is 13.2. The Morgan fingerprint density at radius 1 is 1.26 bits per heavy atom. The van der Waals surface area contributed by atoms with E-state index < -0.39 is 6.61 Å². The van der Waals surface area contributed by atoms with Crippen LogP contribution in [0.5, 0.6) is 11.5 Å². The number of carbonyl (C=O) groups is 1. The zero-order valence-electron chi connectivity index (χ0n) is 17.7. The summed E-state index contributed by atoms with van der Waals surface area (Å²) in [5, 5.41) is 0.946. The fourth-order valence-corrected chi connectivity index (χ4v) is 4.84. The number of fused-ring (bicyclic) bond motifs is 1. The van der Waals surface area contributed by atoms with Crippen LogP contribution in [-0.2, 0) is 6.54 Å². The van der Waals surface area contributed by atoms with Crippen LogP contribution in [-0.4, -0.2) is 41.5 Å². The van der Waals surface area contributed by atoms with Crippen molar-refractivity contribution in [3.8, 4) is 11.5 Å². The molecule has 0 N–H and O–H groups in total. The van der Waals surface area contributed by atoms with Crippen LogP contribution in [0.15, 0.2) is 18.2 Å². The predicted molar refractivity (Wildman–Crippen MR) is 114 cm³/mol. The van der Waals surface area contributed by atoms with Gasteiger partial charge in [-0.2, -0.15) is 8.78 Å². The molecule has 9 heteroatoms. The van der Waals surface area contributed by atoms with Gasteiger partial charge in [0.2, 0.25) is 0 Å². The second-order valence-electron chi connectivity index (χ2n) is 7.70. The number of halogens is 2. The number of methoxy groups -OCH3 is 1. The van der Waals surface area contributed by atoms with Crippen molar-refractivity contribution >= 4 is 27.5 Å². The van der Waals surface area contributed by atoms with Gasteiger partial charge < -0.3 is 14.4 Å². The Bertz CT molecular complexity index is 1140. The summed E-state index contributed by atoms with van der Waals surface area (Å²) in [5.74, 6) is 1.34. The van der Waals surface area contributed by atoms with E-state index in [0.29, 0.717) is 10.8 Å². The first-order chi connectivity index (χ1) is 14.8. The lowest BCUT2D eigenvalue weighted by Gasteiger charge is -2.18. The average Bonchev–Trinajstić information content (AvgIpc) is 3.52. The topological polar surface area (TPSA) is 64.5 Å². The molecule has 2 heterocycles. The molecule has 1 saturated carbocycles. The molecule has 1 aliphatic carbocycles. The van der Waals surface area contributed by atoms with Crippen LogP contribution in [0.25, 0.3) is 10.2 Å². The standard InChI is InChI=1S/C22H23F2N3O3S/c1-11-17-12(2)25-19(14-6-7-14)26-20(17)31-18(11)21(28)27(3)10-13-5-8-15(30-22(23)24)16(9-13)29-4/h5,8-9,14,22H,6-7,10H2,1-4H3. The number of carbonyl (C=O) groups excluding carboxylic acids is 1. The summed E-state index contributed by atoms with van der Waals surface area (Å²) < 4.78 is 34.7. The fraction of sp³-hybridized carbons (Fsp3) is 0.409. The third-order valence-corrected chi connectivity index (χ3v) is 6.51. The summed E-state index contributed by atoms with van der Waals surface area (Å²) in [6.07, 6.45) is 2.24. The van der Waals surface area contributed by atoms with Crippen molar-refractivity contribution in [2.45, 2.75) is 45.8 Å². The van der Waals surface area contributed by atoms with Gasteiger partial charge in [-0.25, -0.2) is 9.97 Å². The summed E-state index contributed by atoms with van der Waals surface area (Å²) in [5.41, 5.74) is 2.52. The Hall–Kier alpha value is -2.81. The zero-order chi connectivity index (χ0) is 22.3. The quantitative estimate of drug-likeness (QED) is 0.506. The first-order valence-corrected chi connectivity index (χ1v) is 10.7. The molecule has 0 saturated heterocycles. The number of aryl methyl sites for hydroxylation is 2. The number of rotatable bonds is 7. The molecular formula is C22H23F2N3O3S. The van der Waals surface area contributed by atoms with Gasteiger partial charge in [0.1, 0.15) is 10.7 Å². The Morgan fingerprint density at radius 2 is 2.00 bits per heavy atom. The second kappa shape index (κ2) is 8.37. The highest BCUT2D eigenvalue weighted by atomic mass is 32.1. The molecule has 0 bridgehead atoms. The number of alkyl halides is 2. The summed E-state index contributed by atoms with van der Waals surface area (Å²) >= 11 is 1.39.